The average Bonchev–Trinajstić information content (AvgIpc) is 2.33. The van der Waals surface area contributed by atoms with Crippen LogP contribution in [0.15, 0.2) is 18.2 Å². The van der Waals surface area contributed by atoms with Crippen molar-refractivity contribution in [1.82, 2.24) is 4.90 Å². The molecule has 0 heterocycles. The van der Waals surface area contributed by atoms with Crippen LogP contribution in [0, 0.1) is 13.8 Å². The van der Waals surface area contributed by atoms with Crippen molar-refractivity contribution in [1.29, 1.82) is 0 Å². The van der Waals surface area contributed by atoms with E-state index >= 15 is 0 Å². The minimum atomic E-state index is 0.172. The molecular weight excluding hydrogens is 246 g/mol. The second-order valence-electron chi connectivity index (χ2n) is 4.68. The van der Waals surface area contributed by atoms with Gasteiger partial charge in [0, 0.05) is 19.0 Å². The van der Waals surface area contributed by atoms with E-state index in [0.29, 0.717) is 18.8 Å². The molecule has 0 aliphatic rings. The van der Waals surface area contributed by atoms with Gasteiger partial charge in [0.25, 0.3) is 0 Å². The standard InChI is InChI=1S/C15H22ClNO/c1-4-8-17(9-7-16)15(18)11-14-10-12(2)5-6-13(14)3/h5-6,10H,4,7-9,11H2,1-3H3. The van der Waals surface area contributed by atoms with Gasteiger partial charge in [-0.1, -0.05) is 30.7 Å². The lowest BCUT2D eigenvalue weighted by atomic mass is 10.0. The molecule has 0 unspecified atom stereocenters. The summed E-state index contributed by atoms with van der Waals surface area (Å²) in [7, 11) is 0. The van der Waals surface area contributed by atoms with E-state index in [-0.39, 0.29) is 5.91 Å². The summed E-state index contributed by atoms with van der Waals surface area (Å²) in [6, 6.07) is 6.24. The molecule has 1 aromatic carbocycles. The lowest BCUT2D eigenvalue weighted by molar-refractivity contribution is -0.130. The number of aryl methyl sites for hydroxylation is 2. The van der Waals surface area contributed by atoms with E-state index in [0.717, 1.165) is 18.5 Å². The summed E-state index contributed by atoms with van der Waals surface area (Å²) < 4.78 is 0. The normalized spacial score (nSPS) is 10.4. The van der Waals surface area contributed by atoms with Crippen molar-refractivity contribution in [2.45, 2.75) is 33.6 Å². The van der Waals surface area contributed by atoms with Crippen molar-refractivity contribution in [2.24, 2.45) is 0 Å². The van der Waals surface area contributed by atoms with Gasteiger partial charge in [0.1, 0.15) is 0 Å². The first-order valence-corrected chi connectivity index (χ1v) is 7.01. The maximum Gasteiger partial charge on any atom is 0.227 e. The molecule has 2 nitrogen and oxygen atoms in total. The third-order valence-corrected chi connectivity index (χ3v) is 3.22. The zero-order chi connectivity index (χ0) is 13.5. The van der Waals surface area contributed by atoms with Crippen molar-refractivity contribution in [3.8, 4) is 0 Å². The van der Waals surface area contributed by atoms with Gasteiger partial charge < -0.3 is 4.90 Å². The van der Waals surface area contributed by atoms with E-state index in [2.05, 4.69) is 32.0 Å². The predicted octanol–water partition coefficient (Wildman–Crippen LogP) is 3.32. The van der Waals surface area contributed by atoms with Gasteiger partial charge >= 0.3 is 0 Å². The Kier molecular flexibility index (Phi) is 6.20. The molecule has 0 atom stereocenters. The zero-order valence-corrected chi connectivity index (χ0v) is 12.3. The van der Waals surface area contributed by atoms with Crippen LogP contribution < -0.4 is 0 Å². The fourth-order valence-corrected chi connectivity index (χ4v) is 2.20. The number of hydrogen-bond donors (Lipinski definition) is 0. The van der Waals surface area contributed by atoms with E-state index in [1.165, 1.54) is 11.1 Å². The smallest absolute Gasteiger partial charge is 0.227 e. The molecule has 0 aliphatic carbocycles. The molecule has 0 saturated carbocycles. The number of alkyl halides is 1. The molecule has 0 radical (unpaired) electrons. The quantitative estimate of drug-likeness (QED) is 0.724. The van der Waals surface area contributed by atoms with Crippen LogP contribution in [0.1, 0.15) is 30.0 Å². The number of benzene rings is 1. The molecule has 0 saturated heterocycles. The first-order valence-electron chi connectivity index (χ1n) is 6.48. The fourth-order valence-electron chi connectivity index (χ4n) is 2.00. The topological polar surface area (TPSA) is 20.3 Å². The average molecular weight is 268 g/mol. The number of halogens is 1. The van der Waals surface area contributed by atoms with Gasteiger partial charge in [-0.05, 0) is 31.4 Å². The highest BCUT2D eigenvalue weighted by molar-refractivity contribution is 6.18. The van der Waals surface area contributed by atoms with Crippen molar-refractivity contribution in [2.75, 3.05) is 19.0 Å². The molecule has 3 heteroatoms. The second kappa shape index (κ2) is 7.42. The molecule has 0 fully saturated rings. The summed E-state index contributed by atoms with van der Waals surface area (Å²) >= 11 is 5.74. The van der Waals surface area contributed by atoms with Crippen molar-refractivity contribution < 1.29 is 4.79 Å². The number of amides is 1. The van der Waals surface area contributed by atoms with E-state index in [1.807, 2.05) is 11.8 Å². The Balaban J connectivity index is 2.75. The summed E-state index contributed by atoms with van der Waals surface area (Å²) in [5.74, 6) is 0.671. The van der Waals surface area contributed by atoms with Gasteiger partial charge in [0.15, 0.2) is 0 Å². The molecule has 18 heavy (non-hydrogen) atoms. The summed E-state index contributed by atoms with van der Waals surface area (Å²) in [5.41, 5.74) is 3.50. The van der Waals surface area contributed by atoms with Gasteiger partial charge in [-0.15, -0.1) is 11.6 Å². The molecule has 0 N–H and O–H groups in total. The monoisotopic (exact) mass is 267 g/mol. The maximum absolute atomic E-state index is 12.2. The predicted molar refractivity (Wildman–Crippen MR) is 77.2 cm³/mol. The van der Waals surface area contributed by atoms with Gasteiger partial charge in [0.2, 0.25) is 5.91 Å². The van der Waals surface area contributed by atoms with Gasteiger partial charge in [-0.2, -0.15) is 0 Å². The number of carbonyl (C=O) groups is 1. The Labute approximate surface area is 115 Å². The molecule has 1 aromatic rings. The molecule has 1 rings (SSSR count). The minimum Gasteiger partial charge on any atom is -0.341 e. The summed E-state index contributed by atoms with van der Waals surface area (Å²) in [5, 5.41) is 0. The van der Waals surface area contributed by atoms with Crippen LogP contribution in [0.3, 0.4) is 0 Å². The van der Waals surface area contributed by atoms with Gasteiger partial charge in [-0.3, -0.25) is 4.79 Å². The molecule has 0 bridgehead atoms. The Morgan fingerprint density at radius 1 is 1.28 bits per heavy atom. The SMILES string of the molecule is CCCN(CCCl)C(=O)Cc1cc(C)ccc1C. The number of carbonyl (C=O) groups excluding carboxylic acids is 1. The fraction of sp³-hybridized carbons (Fsp3) is 0.533. The number of nitrogens with zero attached hydrogens (tertiary/aromatic N) is 1. The number of hydrogen-bond acceptors (Lipinski definition) is 1. The van der Waals surface area contributed by atoms with Crippen LogP contribution in [0.2, 0.25) is 0 Å². The summed E-state index contributed by atoms with van der Waals surface area (Å²) in [6.45, 7) is 7.60. The van der Waals surface area contributed by atoms with E-state index in [9.17, 15) is 4.79 Å². The van der Waals surface area contributed by atoms with Crippen LogP contribution >= 0.6 is 11.6 Å². The lowest BCUT2D eigenvalue weighted by Gasteiger charge is -2.21. The third kappa shape index (κ3) is 4.34. The number of rotatable bonds is 6. The van der Waals surface area contributed by atoms with Crippen LogP contribution in [-0.2, 0) is 11.2 Å². The van der Waals surface area contributed by atoms with Crippen molar-refractivity contribution >= 4 is 17.5 Å². The van der Waals surface area contributed by atoms with Gasteiger partial charge in [-0.25, -0.2) is 0 Å². The van der Waals surface area contributed by atoms with E-state index in [1.54, 1.807) is 0 Å². The van der Waals surface area contributed by atoms with Crippen LogP contribution in [0.4, 0.5) is 0 Å². The Hall–Kier alpha value is -1.02. The van der Waals surface area contributed by atoms with E-state index < -0.39 is 0 Å². The Bertz CT molecular complexity index is 397. The molecule has 0 aromatic heterocycles. The van der Waals surface area contributed by atoms with Crippen LogP contribution in [-0.4, -0.2) is 29.8 Å². The zero-order valence-electron chi connectivity index (χ0n) is 11.5. The van der Waals surface area contributed by atoms with Crippen LogP contribution in [0.25, 0.3) is 0 Å². The highest BCUT2D eigenvalue weighted by Gasteiger charge is 2.13. The molecule has 1 amide bonds. The van der Waals surface area contributed by atoms with Crippen molar-refractivity contribution in [3.05, 3.63) is 34.9 Å². The minimum absolute atomic E-state index is 0.172. The first-order chi connectivity index (χ1) is 8.58. The molecule has 0 spiro atoms. The van der Waals surface area contributed by atoms with Crippen molar-refractivity contribution in [3.63, 3.8) is 0 Å². The van der Waals surface area contributed by atoms with Gasteiger partial charge in [0.05, 0.1) is 6.42 Å². The Morgan fingerprint density at radius 2 is 2.00 bits per heavy atom. The summed E-state index contributed by atoms with van der Waals surface area (Å²) in [6.07, 6.45) is 1.44. The van der Waals surface area contributed by atoms with E-state index in [4.69, 9.17) is 11.6 Å². The highest BCUT2D eigenvalue weighted by atomic mass is 35.5. The molecule has 100 valence electrons. The molecule has 0 aliphatic heterocycles. The molecular formula is C15H22ClNO. The summed E-state index contributed by atoms with van der Waals surface area (Å²) in [4.78, 5) is 14.1. The first kappa shape index (κ1) is 15.0. The van der Waals surface area contributed by atoms with Crippen LogP contribution in [0.5, 0.6) is 0 Å². The third-order valence-electron chi connectivity index (χ3n) is 3.05. The Morgan fingerprint density at radius 3 is 2.61 bits per heavy atom. The second-order valence-corrected chi connectivity index (χ2v) is 5.05. The lowest BCUT2D eigenvalue weighted by Crippen LogP contribution is -2.34. The highest BCUT2D eigenvalue weighted by Crippen LogP contribution is 2.12. The maximum atomic E-state index is 12.2. The largest absolute Gasteiger partial charge is 0.341 e.